The highest BCUT2D eigenvalue weighted by Crippen LogP contribution is 2.30. The number of nitrogens with one attached hydrogen (secondary N) is 1. The highest BCUT2D eigenvalue weighted by molar-refractivity contribution is 6.03. The first-order valence-corrected chi connectivity index (χ1v) is 12.5. The average molecular weight is 509 g/mol. The van der Waals surface area contributed by atoms with Crippen LogP contribution < -0.4 is 15.0 Å². The number of hydrogen-bond donors (Lipinski definition) is 1. The monoisotopic (exact) mass is 508 g/mol. The van der Waals surface area contributed by atoms with Crippen LogP contribution in [0.5, 0.6) is 11.5 Å². The Morgan fingerprint density at radius 3 is 2.42 bits per heavy atom. The number of fused-ring (bicyclic) bond motifs is 1. The number of carbonyl (C=O) groups excluding carboxylic acids is 3. The summed E-state index contributed by atoms with van der Waals surface area (Å²) in [5, 5.41) is 4.69. The van der Waals surface area contributed by atoms with Crippen molar-refractivity contribution in [1.29, 1.82) is 0 Å². The third kappa shape index (κ3) is 5.52. The minimum atomic E-state index is -0.640. The Morgan fingerprint density at radius 1 is 0.895 bits per heavy atom. The molecule has 2 amide bonds. The van der Waals surface area contributed by atoms with E-state index in [1.54, 1.807) is 35.2 Å². The minimum absolute atomic E-state index is 0.0324. The van der Waals surface area contributed by atoms with Crippen molar-refractivity contribution in [1.82, 2.24) is 0 Å². The zero-order valence-corrected chi connectivity index (χ0v) is 21.3. The number of amides is 2. The Balaban J connectivity index is 1.15. The van der Waals surface area contributed by atoms with E-state index >= 15 is 0 Å². The number of aryl methyl sites for hydroxylation is 2. The van der Waals surface area contributed by atoms with Crippen molar-refractivity contribution >= 4 is 39.9 Å². The van der Waals surface area contributed by atoms with E-state index in [0.717, 1.165) is 22.1 Å². The topological polar surface area (TPSA) is 84.9 Å². The molecule has 1 heterocycles. The second-order valence-electron chi connectivity index (χ2n) is 9.43. The molecular formula is C31H28N2O5. The van der Waals surface area contributed by atoms with Gasteiger partial charge in [-0.15, -0.1) is 0 Å². The lowest BCUT2D eigenvalue weighted by Crippen LogP contribution is -2.28. The van der Waals surface area contributed by atoms with Crippen LogP contribution in [0.15, 0.2) is 84.9 Å². The summed E-state index contributed by atoms with van der Waals surface area (Å²) in [5.41, 5.74) is 3.66. The molecule has 1 atom stereocenters. The second kappa shape index (κ2) is 10.8. The van der Waals surface area contributed by atoms with Gasteiger partial charge in [0.1, 0.15) is 11.5 Å². The van der Waals surface area contributed by atoms with Crippen LogP contribution in [0, 0.1) is 19.8 Å². The smallest absolute Gasteiger partial charge is 0.311 e. The van der Waals surface area contributed by atoms with Gasteiger partial charge >= 0.3 is 5.97 Å². The quantitative estimate of drug-likeness (QED) is 0.320. The van der Waals surface area contributed by atoms with E-state index in [4.69, 9.17) is 9.47 Å². The predicted octanol–water partition coefficient (Wildman–Crippen LogP) is 5.78. The molecule has 7 heteroatoms. The van der Waals surface area contributed by atoms with Crippen LogP contribution in [0.2, 0.25) is 0 Å². The number of benzene rings is 4. The van der Waals surface area contributed by atoms with Crippen LogP contribution in [-0.2, 0) is 19.1 Å². The molecule has 4 aromatic carbocycles. The third-order valence-corrected chi connectivity index (χ3v) is 6.73. The van der Waals surface area contributed by atoms with Gasteiger partial charge in [-0.1, -0.05) is 42.5 Å². The Labute approximate surface area is 221 Å². The van der Waals surface area contributed by atoms with Gasteiger partial charge in [0.15, 0.2) is 6.61 Å². The molecule has 1 saturated heterocycles. The van der Waals surface area contributed by atoms with Crippen LogP contribution in [0.4, 0.5) is 11.4 Å². The maximum Gasteiger partial charge on any atom is 0.311 e. The Hall–Kier alpha value is -4.65. The van der Waals surface area contributed by atoms with Gasteiger partial charge in [0.25, 0.3) is 5.91 Å². The van der Waals surface area contributed by atoms with E-state index in [9.17, 15) is 14.4 Å². The molecule has 0 unspecified atom stereocenters. The van der Waals surface area contributed by atoms with Crippen molar-refractivity contribution in [3.63, 3.8) is 0 Å². The molecular weight excluding hydrogens is 480 g/mol. The first-order chi connectivity index (χ1) is 18.4. The molecule has 0 radical (unpaired) electrons. The number of ether oxygens (including phenoxy) is 2. The molecule has 0 bridgehead atoms. The summed E-state index contributed by atoms with van der Waals surface area (Å²) in [6.45, 7) is 3.85. The van der Waals surface area contributed by atoms with Gasteiger partial charge in [-0.25, -0.2) is 0 Å². The lowest BCUT2D eigenvalue weighted by atomic mass is 10.1. The van der Waals surface area contributed by atoms with E-state index in [0.29, 0.717) is 17.1 Å². The molecule has 4 aromatic rings. The summed E-state index contributed by atoms with van der Waals surface area (Å²) in [6, 6.07) is 26.4. The summed E-state index contributed by atoms with van der Waals surface area (Å²) in [4.78, 5) is 39.3. The first-order valence-electron chi connectivity index (χ1n) is 12.5. The maximum absolute atomic E-state index is 12.6. The van der Waals surface area contributed by atoms with Gasteiger partial charge in [0.05, 0.1) is 5.92 Å². The largest absolute Gasteiger partial charge is 0.457 e. The molecule has 1 aliphatic heterocycles. The summed E-state index contributed by atoms with van der Waals surface area (Å²) < 4.78 is 11.2. The molecule has 38 heavy (non-hydrogen) atoms. The minimum Gasteiger partial charge on any atom is -0.457 e. The molecule has 192 valence electrons. The summed E-state index contributed by atoms with van der Waals surface area (Å²) in [7, 11) is 0. The Morgan fingerprint density at radius 2 is 1.63 bits per heavy atom. The van der Waals surface area contributed by atoms with Crippen molar-refractivity contribution in [2.45, 2.75) is 20.3 Å². The lowest BCUT2D eigenvalue weighted by Gasteiger charge is -2.17. The molecule has 0 aliphatic carbocycles. The van der Waals surface area contributed by atoms with Crippen LogP contribution in [-0.4, -0.2) is 30.9 Å². The fourth-order valence-corrected chi connectivity index (χ4v) is 4.50. The number of anilines is 2. The zero-order valence-electron chi connectivity index (χ0n) is 21.3. The van der Waals surface area contributed by atoms with Crippen LogP contribution >= 0.6 is 0 Å². The Kier molecular flexibility index (Phi) is 7.09. The van der Waals surface area contributed by atoms with Gasteiger partial charge in [-0.3, -0.25) is 14.4 Å². The van der Waals surface area contributed by atoms with Crippen LogP contribution in [0.1, 0.15) is 17.5 Å². The van der Waals surface area contributed by atoms with Gasteiger partial charge < -0.3 is 19.7 Å². The van der Waals surface area contributed by atoms with Gasteiger partial charge in [-0.05, 0) is 72.8 Å². The van der Waals surface area contributed by atoms with Crippen molar-refractivity contribution in [2.75, 3.05) is 23.4 Å². The van der Waals surface area contributed by atoms with Crippen molar-refractivity contribution in [2.24, 2.45) is 5.92 Å². The lowest BCUT2D eigenvalue weighted by molar-refractivity contribution is -0.151. The van der Waals surface area contributed by atoms with E-state index in [-0.39, 0.29) is 18.9 Å². The SMILES string of the molecule is Cc1ccc(Oc2ccc(N3C[C@@H](C(=O)OCC(=O)Nc4cccc5ccccc45)CC3=O)cc2)cc1C. The summed E-state index contributed by atoms with van der Waals surface area (Å²) in [5.74, 6) is -0.421. The molecule has 0 spiro atoms. The molecule has 1 aliphatic rings. The molecule has 7 nitrogen and oxygen atoms in total. The highest BCUT2D eigenvalue weighted by Gasteiger charge is 2.36. The van der Waals surface area contributed by atoms with Crippen LogP contribution in [0.3, 0.4) is 0 Å². The van der Waals surface area contributed by atoms with E-state index in [1.165, 1.54) is 5.56 Å². The molecule has 1 fully saturated rings. The Bertz CT molecular complexity index is 1510. The average Bonchev–Trinajstić information content (AvgIpc) is 3.31. The van der Waals surface area contributed by atoms with E-state index < -0.39 is 24.4 Å². The zero-order chi connectivity index (χ0) is 26.6. The molecule has 1 N–H and O–H groups in total. The van der Waals surface area contributed by atoms with Crippen molar-refractivity contribution in [3.8, 4) is 11.5 Å². The molecule has 0 saturated carbocycles. The number of rotatable bonds is 7. The normalized spacial score (nSPS) is 14.9. The fraction of sp³-hybridized carbons (Fsp3) is 0.194. The number of esters is 1. The number of hydrogen-bond acceptors (Lipinski definition) is 5. The van der Waals surface area contributed by atoms with Gasteiger partial charge in [-0.2, -0.15) is 0 Å². The standard InChI is InChI=1S/C31H28N2O5/c1-20-10-13-26(16-21(20)2)38-25-14-11-24(12-15-25)33-18-23(17-30(33)35)31(36)37-19-29(34)32-28-9-5-7-22-6-3-4-8-27(22)28/h3-16,23H,17-19H2,1-2H3,(H,32,34)/t23-/m0/s1. The summed E-state index contributed by atoms with van der Waals surface area (Å²) >= 11 is 0. The van der Waals surface area contributed by atoms with Crippen molar-refractivity contribution < 1.29 is 23.9 Å². The molecule has 0 aromatic heterocycles. The maximum atomic E-state index is 12.6. The van der Waals surface area contributed by atoms with Crippen molar-refractivity contribution in [3.05, 3.63) is 96.1 Å². The number of carbonyl (C=O) groups is 3. The highest BCUT2D eigenvalue weighted by atomic mass is 16.5. The summed E-state index contributed by atoms with van der Waals surface area (Å²) in [6.07, 6.45) is 0.0324. The molecule has 5 rings (SSSR count). The predicted molar refractivity (Wildman–Crippen MR) is 146 cm³/mol. The van der Waals surface area contributed by atoms with Gasteiger partial charge in [0.2, 0.25) is 5.91 Å². The fourth-order valence-electron chi connectivity index (χ4n) is 4.50. The number of nitrogens with zero attached hydrogens (tertiary/aromatic N) is 1. The third-order valence-electron chi connectivity index (χ3n) is 6.73. The first kappa shape index (κ1) is 25.0. The van der Waals surface area contributed by atoms with E-state index in [2.05, 4.69) is 5.32 Å². The second-order valence-corrected chi connectivity index (χ2v) is 9.43. The van der Waals surface area contributed by atoms with Crippen LogP contribution in [0.25, 0.3) is 10.8 Å². The van der Waals surface area contributed by atoms with Gasteiger partial charge in [0, 0.05) is 29.7 Å². The van der Waals surface area contributed by atoms with E-state index in [1.807, 2.05) is 68.4 Å².